The van der Waals surface area contributed by atoms with E-state index in [0.29, 0.717) is 0 Å². The molecule has 0 unspecified atom stereocenters. The maximum absolute atomic E-state index is 9.44. The van der Waals surface area contributed by atoms with Gasteiger partial charge in [0, 0.05) is 0 Å². The summed E-state index contributed by atoms with van der Waals surface area (Å²) in [6, 6.07) is 0. The van der Waals surface area contributed by atoms with Crippen LogP contribution in [-0.4, -0.2) is 5.78 Å². The number of unbranched alkanes of at least 4 members (excludes halogenated alkanes) is 8. The first-order valence-corrected chi connectivity index (χ1v) is 8.03. The van der Waals surface area contributed by atoms with E-state index in [0.717, 1.165) is 0 Å². The molecule has 0 rings (SSSR count). The summed E-state index contributed by atoms with van der Waals surface area (Å²) in [4.78, 5) is 9.44. The van der Waals surface area contributed by atoms with Crippen LogP contribution < -0.4 is 0 Å². The molecule has 112 valence electrons. The Hall–Kier alpha value is -0.330. The highest BCUT2D eigenvalue weighted by atomic mass is 16.1. The average molecular weight is 258 g/mol. The van der Waals surface area contributed by atoms with E-state index in [2.05, 4.69) is 27.7 Å². The van der Waals surface area contributed by atoms with E-state index in [-0.39, 0.29) is 5.78 Å². The maximum Gasteiger partial charge on any atom is 0.126 e. The Morgan fingerprint density at radius 2 is 0.722 bits per heavy atom. The SMILES string of the molecule is CC(C)=O.CCCCCCC.CCCCCCC. The van der Waals surface area contributed by atoms with E-state index >= 15 is 0 Å². The van der Waals surface area contributed by atoms with Crippen LogP contribution in [0.2, 0.25) is 0 Å². The van der Waals surface area contributed by atoms with Crippen molar-refractivity contribution in [1.82, 2.24) is 0 Å². The molecule has 0 aromatic carbocycles. The molecule has 0 fully saturated rings. The number of ketones is 1. The van der Waals surface area contributed by atoms with Crippen molar-refractivity contribution in [2.45, 2.75) is 106 Å². The number of hydrogen-bond donors (Lipinski definition) is 0. The molecule has 0 saturated heterocycles. The minimum Gasteiger partial charge on any atom is -0.300 e. The highest BCUT2D eigenvalue weighted by molar-refractivity contribution is 5.72. The van der Waals surface area contributed by atoms with Crippen molar-refractivity contribution in [3.63, 3.8) is 0 Å². The van der Waals surface area contributed by atoms with E-state index in [4.69, 9.17) is 0 Å². The third kappa shape index (κ3) is 57.3. The summed E-state index contributed by atoms with van der Waals surface area (Å²) in [6.07, 6.45) is 14.0. The van der Waals surface area contributed by atoms with Crippen LogP contribution >= 0.6 is 0 Å². The summed E-state index contributed by atoms with van der Waals surface area (Å²) < 4.78 is 0. The average Bonchev–Trinajstić information content (AvgIpc) is 2.31. The smallest absolute Gasteiger partial charge is 0.126 e. The Bertz CT molecular complexity index is 108. The first-order chi connectivity index (χ1) is 8.56. The van der Waals surface area contributed by atoms with Gasteiger partial charge in [0.15, 0.2) is 0 Å². The minimum atomic E-state index is 0.167. The van der Waals surface area contributed by atoms with Crippen molar-refractivity contribution in [1.29, 1.82) is 0 Å². The standard InChI is InChI=1S/2C7H16.C3H6O/c2*1-3-5-7-6-4-2;1-3(2)4/h2*3-7H2,1-2H3;1-2H3. The van der Waals surface area contributed by atoms with Gasteiger partial charge in [-0.1, -0.05) is 91.9 Å². The van der Waals surface area contributed by atoms with Crippen LogP contribution in [0.25, 0.3) is 0 Å². The molecule has 0 aromatic rings. The molecule has 0 radical (unpaired) electrons. The summed E-state index contributed by atoms with van der Waals surface area (Å²) in [7, 11) is 0. The lowest BCUT2D eigenvalue weighted by Crippen LogP contribution is -1.70. The van der Waals surface area contributed by atoms with Gasteiger partial charge in [0.1, 0.15) is 5.78 Å². The number of carbonyl (C=O) groups excluding carboxylic acids is 1. The van der Waals surface area contributed by atoms with Gasteiger partial charge in [-0.3, -0.25) is 0 Å². The van der Waals surface area contributed by atoms with Gasteiger partial charge < -0.3 is 4.79 Å². The molecule has 0 amide bonds. The van der Waals surface area contributed by atoms with E-state index in [9.17, 15) is 4.79 Å². The summed E-state index contributed by atoms with van der Waals surface area (Å²) in [5.41, 5.74) is 0. The molecular formula is C17H38O. The van der Waals surface area contributed by atoms with E-state index in [1.165, 1.54) is 78.1 Å². The molecule has 0 saturated carbocycles. The molecular weight excluding hydrogens is 220 g/mol. The van der Waals surface area contributed by atoms with Crippen LogP contribution in [0.15, 0.2) is 0 Å². The number of Topliss-reactive ketones (excluding diaryl/α,β-unsaturated/α-hetero) is 1. The van der Waals surface area contributed by atoms with Crippen LogP contribution in [0, 0.1) is 0 Å². The molecule has 0 aromatic heterocycles. The third-order valence-corrected chi connectivity index (χ3v) is 2.41. The first-order valence-electron chi connectivity index (χ1n) is 8.03. The quantitative estimate of drug-likeness (QED) is 0.451. The van der Waals surface area contributed by atoms with Gasteiger partial charge in [-0.05, 0) is 13.8 Å². The van der Waals surface area contributed by atoms with Gasteiger partial charge in [0.2, 0.25) is 0 Å². The van der Waals surface area contributed by atoms with Crippen molar-refractivity contribution in [2.75, 3.05) is 0 Å². The van der Waals surface area contributed by atoms with Crippen molar-refractivity contribution >= 4 is 5.78 Å². The van der Waals surface area contributed by atoms with Crippen LogP contribution in [0.1, 0.15) is 106 Å². The fraction of sp³-hybridized carbons (Fsp3) is 0.941. The monoisotopic (exact) mass is 258 g/mol. The highest BCUT2D eigenvalue weighted by Gasteiger charge is 1.80. The minimum absolute atomic E-state index is 0.167. The van der Waals surface area contributed by atoms with Crippen LogP contribution in [0.3, 0.4) is 0 Å². The Labute approximate surface area is 117 Å². The van der Waals surface area contributed by atoms with Crippen molar-refractivity contribution in [3.8, 4) is 0 Å². The second-order valence-corrected chi connectivity index (χ2v) is 5.03. The zero-order valence-corrected chi connectivity index (χ0v) is 14.0. The molecule has 0 aliphatic rings. The molecule has 0 N–H and O–H groups in total. The lowest BCUT2D eigenvalue weighted by Gasteiger charge is -1.90. The summed E-state index contributed by atoms with van der Waals surface area (Å²) in [5, 5.41) is 0. The van der Waals surface area contributed by atoms with E-state index in [1.54, 1.807) is 0 Å². The Balaban J connectivity index is -0.000000196. The van der Waals surface area contributed by atoms with Crippen LogP contribution in [0.5, 0.6) is 0 Å². The lowest BCUT2D eigenvalue weighted by molar-refractivity contribution is -0.114. The highest BCUT2D eigenvalue weighted by Crippen LogP contribution is 2.00. The zero-order chi connectivity index (χ0) is 14.6. The van der Waals surface area contributed by atoms with Crippen molar-refractivity contribution in [2.24, 2.45) is 0 Å². The Morgan fingerprint density at radius 3 is 0.833 bits per heavy atom. The van der Waals surface area contributed by atoms with Crippen LogP contribution in [-0.2, 0) is 4.79 Å². The molecule has 18 heavy (non-hydrogen) atoms. The van der Waals surface area contributed by atoms with Gasteiger partial charge in [-0.2, -0.15) is 0 Å². The lowest BCUT2D eigenvalue weighted by atomic mass is 10.2. The molecule has 0 aliphatic carbocycles. The summed E-state index contributed by atoms with van der Waals surface area (Å²) in [6.45, 7) is 12.0. The fourth-order valence-electron chi connectivity index (χ4n) is 1.35. The van der Waals surface area contributed by atoms with Gasteiger partial charge in [0.05, 0.1) is 0 Å². The van der Waals surface area contributed by atoms with Gasteiger partial charge >= 0.3 is 0 Å². The molecule has 0 heterocycles. The maximum atomic E-state index is 9.44. The normalized spacial score (nSPS) is 8.78. The molecule has 0 atom stereocenters. The number of hydrogen-bond acceptors (Lipinski definition) is 1. The number of rotatable bonds is 8. The van der Waals surface area contributed by atoms with E-state index in [1.807, 2.05) is 0 Å². The van der Waals surface area contributed by atoms with Gasteiger partial charge in [0.25, 0.3) is 0 Å². The van der Waals surface area contributed by atoms with Crippen LogP contribution in [0.4, 0.5) is 0 Å². The number of carbonyl (C=O) groups is 1. The first kappa shape index (κ1) is 22.8. The topological polar surface area (TPSA) is 17.1 Å². The zero-order valence-electron chi connectivity index (χ0n) is 14.0. The Kier molecular flexibility index (Phi) is 32.3. The van der Waals surface area contributed by atoms with Gasteiger partial charge in [-0.25, -0.2) is 0 Å². The van der Waals surface area contributed by atoms with Crippen molar-refractivity contribution < 1.29 is 4.79 Å². The summed E-state index contributed by atoms with van der Waals surface area (Å²) >= 11 is 0. The van der Waals surface area contributed by atoms with Gasteiger partial charge in [-0.15, -0.1) is 0 Å². The molecule has 1 nitrogen and oxygen atoms in total. The summed E-state index contributed by atoms with van der Waals surface area (Å²) in [5.74, 6) is 0.167. The molecule has 1 heteroatoms. The van der Waals surface area contributed by atoms with E-state index < -0.39 is 0 Å². The third-order valence-electron chi connectivity index (χ3n) is 2.41. The predicted molar refractivity (Wildman–Crippen MR) is 85.2 cm³/mol. The van der Waals surface area contributed by atoms with Crippen molar-refractivity contribution in [3.05, 3.63) is 0 Å². The largest absolute Gasteiger partial charge is 0.300 e. The predicted octanol–water partition coefficient (Wildman–Crippen LogP) is 6.55. The Morgan fingerprint density at radius 1 is 0.556 bits per heavy atom. The molecule has 0 spiro atoms. The fourth-order valence-corrected chi connectivity index (χ4v) is 1.35. The molecule has 0 bridgehead atoms. The molecule has 0 aliphatic heterocycles. The second-order valence-electron chi connectivity index (χ2n) is 5.03. The second kappa shape index (κ2) is 25.5.